The van der Waals surface area contributed by atoms with Crippen molar-refractivity contribution in [2.24, 2.45) is 0 Å². The summed E-state index contributed by atoms with van der Waals surface area (Å²) in [6.07, 6.45) is 10.7. The average molecular weight is 731 g/mol. The first-order chi connectivity index (χ1) is 23.8. The van der Waals surface area contributed by atoms with Gasteiger partial charge in [-0.1, -0.05) is 50.3 Å². The Morgan fingerprint density at radius 1 is 0.920 bits per heavy atom. The number of benzene rings is 1. The van der Waals surface area contributed by atoms with Gasteiger partial charge in [0.2, 0.25) is 11.2 Å². The zero-order chi connectivity index (χ0) is 34.6. The number of nitrogens with one attached hydrogen (secondary N) is 1. The quantitative estimate of drug-likeness (QED) is 0.0580. The van der Waals surface area contributed by atoms with Crippen LogP contribution in [0.15, 0.2) is 64.1 Å². The van der Waals surface area contributed by atoms with Gasteiger partial charge in [0.05, 0.1) is 21.4 Å². The molecule has 1 fully saturated rings. The van der Waals surface area contributed by atoms with E-state index in [2.05, 4.69) is 16.9 Å². The fourth-order valence-electron chi connectivity index (χ4n) is 6.79. The number of halogens is 1. The van der Waals surface area contributed by atoms with Gasteiger partial charge < -0.3 is 34.7 Å². The lowest BCUT2D eigenvalue weighted by Gasteiger charge is -2.35. The number of unbranched alkanes of at least 4 members (excludes halogenated alkanes) is 5. The summed E-state index contributed by atoms with van der Waals surface area (Å²) in [4.78, 5) is 31.1. The van der Waals surface area contributed by atoms with E-state index >= 15 is 0 Å². The molecule has 1 aliphatic rings. The molecule has 3 heterocycles. The van der Waals surface area contributed by atoms with E-state index in [9.17, 15) is 24.9 Å². The molecule has 1 aromatic carbocycles. The van der Waals surface area contributed by atoms with Gasteiger partial charge >= 0.3 is 5.97 Å². The number of nitrogens with zero attached hydrogens (tertiary/aromatic N) is 1. The van der Waals surface area contributed by atoms with Gasteiger partial charge in [-0.2, -0.15) is 0 Å². The topological polar surface area (TPSA) is 132 Å². The van der Waals surface area contributed by atoms with E-state index in [0.717, 1.165) is 96.0 Å². The number of hydrogen-bond donors (Lipinski definition) is 4. The highest BCUT2D eigenvalue weighted by Gasteiger charge is 2.45. The normalized spacial score (nSPS) is 17.1. The number of aliphatic hydroxyl groups excluding tert-OH is 1. The molecule has 0 spiro atoms. The SMILES string of the molecule is CN(CCCOCCCCCCCC[C@H](O)c1ccc(O)c2[nH]c(=O)ccc12)C1CCC(OC(=O)C(O)(c2cccs2)c2cccs2)CC1.F. The number of H-pyrrole nitrogens is 1. The Hall–Kier alpha value is -3.13. The lowest BCUT2D eigenvalue weighted by molar-refractivity contribution is -0.169. The Bertz CT molecular complexity index is 1600. The van der Waals surface area contributed by atoms with Crippen molar-refractivity contribution in [1.82, 2.24) is 9.88 Å². The molecular weight excluding hydrogens is 680 g/mol. The third kappa shape index (κ3) is 10.2. The zero-order valence-corrected chi connectivity index (χ0v) is 30.4. The number of pyridine rings is 1. The first-order valence-electron chi connectivity index (χ1n) is 17.6. The number of phenols is 1. The van der Waals surface area contributed by atoms with Gasteiger partial charge in [-0.25, -0.2) is 4.79 Å². The van der Waals surface area contributed by atoms with E-state index < -0.39 is 17.7 Å². The Morgan fingerprint density at radius 3 is 2.22 bits per heavy atom. The molecule has 0 aliphatic heterocycles. The molecule has 0 unspecified atom stereocenters. The van der Waals surface area contributed by atoms with Crippen LogP contribution in [-0.4, -0.2) is 70.1 Å². The minimum absolute atomic E-state index is 0. The number of aromatic amines is 1. The zero-order valence-electron chi connectivity index (χ0n) is 28.8. The molecule has 1 aliphatic carbocycles. The van der Waals surface area contributed by atoms with Crippen molar-refractivity contribution in [1.29, 1.82) is 0 Å². The van der Waals surface area contributed by atoms with Crippen molar-refractivity contribution in [3.8, 4) is 5.75 Å². The van der Waals surface area contributed by atoms with Crippen LogP contribution in [0.25, 0.3) is 10.9 Å². The predicted octanol–water partition coefficient (Wildman–Crippen LogP) is 7.40. The highest BCUT2D eigenvalue weighted by Crippen LogP contribution is 2.38. The number of ether oxygens (including phenoxy) is 2. The molecule has 9 nitrogen and oxygen atoms in total. The smallest absolute Gasteiger partial charge is 0.349 e. The third-order valence-corrected chi connectivity index (χ3v) is 11.6. The van der Waals surface area contributed by atoms with Gasteiger partial charge in [-0.05, 0) is 92.6 Å². The minimum atomic E-state index is -1.75. The van der Waals surface area contributed by atoms with Crippen molar-refractivity contribution >= 4 is 39.5 Å². The van der Waals surface area contributed by atoms with E-state index in [4.69, 9.17) is 9.47 Å². The van der Waals surface area contributed by atoms with Gasteiger partial charge in [0.25, 0.3) is 0 Å². The largest absolute Gasteiger partial charge is 0.506 e. The van der Waals surface area contributed by atoms with Crippen molar-refractivity contribution < 1.29 is 34.3 Å². The average Bonchev–Trinajstić information content (AvgIpc) is 3.85. The van der Waals surface area contributed by atoms with Gasteiger partial charge in [-0.15, -0.1) is 22.7 Å². The van der Waals surface area contributed by atoms with Crippen molar-refractivity contribution in [2.75, 3.05) is 26.8 Å². The molecule has 1 atom stereocenters. The molecule has 50 heavy (non-hydrogen) atoms. The highest BCUT2D eigenvalue weighted by atomic mass is 32.1. The minimum Gasteiger partial charge on any atom is -0.506 e. The summed E-state index contributed by atoms with van der Waals surface area (Å²) in [7, 11) is 2.16. The number of aromatic nitrogens is 1. The summed E-state index contributed by atoms with van der Waals surface area (Å²) in [5.74, 6) is -0.574. The number of phenolic OH excluding ortho intramolecular Hbond substituents is 1. The second-order valence-electron chi connectivity index (χ2n) is 13.2. The molecule has 0 bridgehead atoms. The number of fused-ring (bicyclic) bond motifs is 1. The van der Waals surface area contributed by atoms with Crippen LogP contribution >= 0.6 is 22.7 Å². The maximum atomic E-state index is 13.3. The van der Waals surface area contributed by atoms with Gasteiger partial charge in [0.1, 0.15) is 11.9 Å². The number of esters is 1. The van der Waals surface area contributed by atoms with Crippen molar-refractivity contribution in [3.63, 3.8) is 0 Å². The lowest BCUT2D eigenvalue weighted by Crippen LogP contribution is -2.42. The second-order valence-corrected chi connectivity index (χ2v) is 15.1. The summed E-state index contributed by atoms with van der Waals surface area (Å²) >= 11 is 2.72. The molecule has 0 radical (unpaired) electrons. The summed E-state index contributed by atoms with van der Waals surface area (Å²) in [5, 5.41) is 36.7. The fraction of sp³-hybridized carbons (Fsp3) is 0.526. The second kappa shape index (κ2) is 19.5. The lowest BCUT2D eigenvalue weighted by atomic mass is 9.91. The fourth-order valence-corrected chi connectivity index (χ4v) is 8.50. The Labute approximate surface area is 301 Å². The Balaban J connectivity index is 0.00000562. The standard InChI is InChI=1S/C38H50N2O7S2.FH/c1-40(27-14-16-28(17-15-27)47-37(44)38(45,33-12-8-25-48-33)34-13-9-26-49-34)22-10-24-46-23-7-5-3-2-4-6-11-31(41)29-18-20-32(42)36-30(29)19-21-35(43)39-36;/h8-9,12-13,18-21,25-28,31,41-42,45H,2-7,10-11,14-17,22-24H2,1H3,(H,39,43);1H/t27?,28?,31-;/m0./s1. The van der Waals surface area contributed by atoms with E-state index in [-0.39, 0.29) is 22.1 Å². The molecule has 12 heteroatoms. The molecular formula is C38H51FN2O7S2. The summed E-state index contributed by atoms with van der Waals surface area (Å²) in [6, 6.07) is 14.0. The van der Waals surface area contributed by atoms with E-state index in [0.29, 0.717) is 33.1 Å². The molecule has 4 aromatic rings. The number of aliphatic hydroxyl groups is 2. The number of thiophene rings is 2. The van der Waals surface area contributed by atoms with E-state index in [1.165, 1.54) is 34.8 Å². The molecule has 4 N–H and O–H groups in total. The number of rotatable bonds is 19. The van der Waals surface area contributed by atoms with Crippen LogP contribution in [0, 0.1) is 0 Å². The predicted molar refractivity (Wildman–Crippen MR) is 198 cm³/mol. The van der Waals surface area contributed by atoms with Crippen LogP contribution in [0.4, 0.5) is 4.70 Å². The maximum absolute atomic E-state index is 13.3. The first-order valence-corrected chi connectivity index (χ1v) is 19.4. The van der Waals surface area contributed by atoms with E-state index in [1.807, 2.05) is 22.9 Å². The molecule has 1 saturated carbocycles. The molecule has 0 saturated heterocycles. The maximum Gasteiger partial charge on any atom is 0.349 e. The molecule has 274 valence electrons. The van der Waals surface area contributed by atoms with Gasteiger partial charge in [0, 0.05) is 37.3 Å². The van der Waals surface area contributed by atoms with Crippen LogP contribution in [0.1, 0.15) is 98.5 Å². The number of carbonyl (C=O) groups is 1. The monoisotopic (exact) mass is 730 g/mol. The van der Waals surface area contributed by atoms with Crippen LogP contribution < -0.4 is 5.56 Å². The van der Waals surface area contributed by atoms with Crippen LogP contribution in [0.5, 0.6) is 5.75 Å². The van der Waals surface area contributed by atoms with Gasteiger partial charge in [0.15, 0.2) is 0 Å². The van der Waals surface area contributed by atoms with Crippen molar-refractivity contribution in [3.05, 3.63) is 85.0 Å². The Morgan fingerprint density at radius 2 is 1.56 bits per heavy atom. The number of aromatic hydroxyl groups is 1. The number of hydrogen-bond acceptors (Lipinski definition) is 10. The summed E-state index contributed by atoms with van der Waals surface area (Å²) in [6.45, 7) is 2.49. The molecule has 3 aromatic heterocycles. The summed E-state index contributed by atoms with van der Waals surface area (Å²) < 4.78 is 11.8. The highest BCUT2D eigenvalue weighted by molar-refractivity contribution is 7.12. The van der Waals surface area contributed by atoms with Crippen LogP contribution in [0.3, 0.4) is 0 Å². The van der Waals surface area contributed by atoms with E-state index in [1.54, 1.807) is 24.3 Å². The van der Waals surface area contributed by atoms with Crippen LogP contribution in [-0.2, 0) is 19.9 Å². The van der Waals surface area contributed by atoms with Crippen LogP contribution in [0.2, 0.25) is 0 Å². The van der Waals surface area contributed by atoms with Gasteiger partial charge in [-0.3, -0.25) is 9.50 Å². The summed E-state index contributed by atoms with van der Waals surface area (Å²) in [5.41, 5.74) is -0.934. The molecule has 0 amide bonds. The number of carbonyl (C=O) groups excluding carboxylic acids is 1. The third-order valence-electron chi connectivity index (χ3n) is 9.67. The molecule has 5 rings (SSSR count). The Kier molecular flexibility index (Phi) is 15.4. The van der Waals surface area contributed by atoms with Crippen molar-refractivity contribution in [2.45, 2.75) is 101 Å². The first kappa shape index (κ1) is 39.7.